The highest BCUT2D eigenvalue weighted by Crippen LogP contribution is 2.33. The number of aromatic nitrogens is 2. The molecule has 0 unspecified atom stereocenters. The lowest BCUT2D eigenvalue weighted by Crippen LogP contribution is -2.47. The van der Waals surface area contributed by atoms with Gasteiger partial charge in [0.2, 0.25) is 5.89 Å². The van der Waals surface area contributed by atoms with Gasteiger partial charge < -0.3 is 19.5 Å². The minimum absolute atomic E-state index is 0.00161. The van der Waals surface area contributed by atoms with Crippen LogP contribution >= 0.6 is 0 Å². The highest BCUT2D eigenvalue weighted by molar-refractivity contribution is 5.75. The molecule has 1 saturated carbocycles. The average Bonchev–Trinajstić information content (AvgIpc) is 3.16. The second kappa shape index (κ2) is 7.09. The van der Waals surface area contributed by atoms with Crippen LogP contribution in [0.15, 0.2) is 4.52 Å². The molecule has 2 aliphatic rings. The Morgan fingerprint density at radius 1 is 1.29 bits per heavy atom. The van der Waals surface area contributed by atoms with Crippen molar-refractivity contribution in [1.82, 2.24) is 20.4 Å². The van der Waals surface area contributed by atoms with Gasteiger partial charge in [0.25, 0.3) is 0 Å². The molecule has 1 saturated heterocycles. The van der Waals surface area contributed by atoms with Crippen molar-refractivity contribution in [3.8, 4) is 0 Å². The van der Waals surface area contributed by atoms with Crippen LogP contribution < -0.4 is 5.32 Å². The summed E-state index contributed by atoms with van der Waals surface area (Å²) >= 11 is 0. The molecule has 0 spiro atoms. The van der Waals surface area contributed by atoms with Gasteiger partial charge in [0.05, 0.1) is 6.10 Å². The summed E-state index contributed by atoms with van der Waals surface area (Å²) in [6, 6.07) is -0.0198. The molecule has 134 valence electrons. The maximum Gasteiger partial charge on any atom is 0.318 e. The first-order valence-corrected chi connectivity index (χ1v) is 8.88. The fourth-order valence-electron chi connectivity index (χ4n) is 3.81. The topological polar surface area (TPSA) is 80.5 Å². The zero-order valence-electron chi connectivity index (χ0n) is 15.0. The third kappa shape index (κ3) is 3.55. The number of methoxy groups -OCH3 is 1. The Kier molecular flexibility index (Phi) is 5.08. The van der Waals surface area contributed by atoms with Gasteiger partial charge in [0, 0.05) is 26.1 Å². The van der Waals surface area contributed by atoms with Crippen molar-refractivity contribution in [3.63, 3.8) is 0 Å². The monoisotopic (exact) mass is 336 g/mol. The zero-order chi connectivity index (χ0) is 17.3. The highest BCUT2D eigenvalue weighted by atomic mass is 16.5. The maximum absolute atomic E-state index is 12.8. The first kappa shape index (κ1) is 17.2. The van der Waals surface area contributed by atoms with Gasteiger partial charge in [-0.05, 0) is 38.0 Å². The molecule has 2 fully saturated rings. The van der Waals surface area contributed by atoms with Crippen molar-refractivity contribution in [2.24, 2.45) is 11.8 Å². The first-order valence-electron chi connectivity index (χ1n) is 8.88. The molecule has 3 rings (SSSR count). The van der Waals surface area contributed by atoms with Gasteiger partial charge in [0.15, 0.2) is 5.82 Å². The number of likely N-dealkylation sites (tertiary alicyclic amines) is 1. The van der Waals surface area contributed by atoms with E-state index >= 15 is 0 Å². The van der Waals surface area contributed by atoms with Crippen molar-refractivity contribution < 1.29 is 14.1 Å². The molecule has 7 nitrogen and oxygen atoms in total. The largest absolute Gasteiger partial charge is 0.380 e. The Balaban J connectivity index is 1.67. The molecule has 1 aliphatic heterocycles. The molecule has 7 heteroatoms. The van der Waals surface area contributed by atoms with Crippen LogP contribution in [0.1, 0.15) is 57.3 Å². The first-order chi connectivity index (χ1) is 11.5. The Morgan fingerprint density at radius 3 is 2.71 bits per heavy atom. The van der Waals surface area contributed by atoms with Gasteiger partial charge >= 0.3 is 6.03 Å². The lowest BCUT2D eigenvalue weighted by Gasteiger charge is -2.34. The number of urea groups is 1. The van der Waals surface area contributed by atoms with Gasteiger partial charge in [-0.2, -0.15) is 4.98 Å². The summed E-state index contributed by atoms with van der Waals surface area (Å²) in [7, 11) is 1.67. The number of aryl methyl sites for hydroxylation is 1. The van der Waals surface area contributed by atoms with Crippen molar-refractivity contribution in [1.29, 1.82) is 0 Å². The van der Waals surface area contributed by atoms with Crippen LogP contribution in [0.3, 0.4) is 0 Å². The van der Waals surface area contributed by atoms with Gasteiger partial charge in [0.1, 0.15) is 6.04 Å². The van der Waals surface area contributed by atoms with Crippen LogP contribution in [-0.2, 0) is 4.74 Å². The number of nitrogens with zero attached hydrogens (tertiary/aromatic N) is 3. The third-order valence-electron chi connectivity index (χ3n) is 5.61. The van der Waals surface area contributed by atoms with E-state index in [9.17, 15) is 4.79 Å². The smallest absolute Gasteiger partial charge is 0.318 e. The molecule has 24 heavy (non-hydrogen) atoms. The molecule has 1 N–H and O–H groups in total. The van der Waals surface area contributed by atoms with E-state index in [0.29, 0.717) is 30.6 Å². The minimum Gasteiger partial charge on any atom is -0.380 e. The Bertz CT molecular complexity index is 576. The van der Waals surface area contributed by atoms with E-state index in [-0.39, 0.29) is 24.2 Å². The average molecular weight is 336 g/mol. The normalized spacial score (nSPS) is 33.7. The summed E-state index contributed by atoms with van der Waals surface area (Å²) in [5.41, 5.74) is 0. The van der Waals surface area contributed by atoms with Crippen molar-refractivity contribution in [2.75, 3.05) is 13.7 Å². The van der Waals surface area contributed by atoms with E-state index < -0.39 is 0 Å². The number of nitrogens with one attached hydrogen (secondary N) is 1. The number of carbonyl (C=O) groups excluding carboxylic acids is 1. The molecule has 5 atom stereocenters. The van der Waals surface area contributed by atoms with Crippen LogP contribution in [0, 0.1) is 18.8 Å². The predicted molar refractivity (Wildman–Crippen MR) is 88.4 cm³/mol. The second-order valence-electron chi connectivity index (χ2n) is 7.36. The summed E-state index contributed by atoms with van der Waals surface area (Å²) in [6.45, 7) is 6.89. The summed E-state index contributed by atoms with van der Waals surface area (Å²) in [4.78, 5) is 18.9. The SMILES string of the molecule is CO[C@H]1C[C@H](c2nc(C)no2)N(C(=O)N[C@@H]2CC[C@H](C)[C@H](C)C2)C1. The van der Waals surface area contributed by atoms with Crippen LogP contribution in [0.4, 0.5) is 4.79 Å². The Morgan fingerprint density at radius 2 is 2.08 bits per heavy atom. The molecule has 0 radical (unpaired) electrons. The number of rotatable bonds is 3. The van der Waals surface area contributed by atoms with E-state index in [2.05, 4.69) is 29.3 Å². The molecule has 1 aromatic heterocycles. The predicted octanol–water partition coefficient (Wildman–Crippen LogP) is 2.67. The second-order valence-corrected chi connectivity index (χ2v) is 7.36. The lowest BCUT2D eigenvalue weighted by molar-refractivity contribution is 0.109. The van der Waals surface area contributed by atoms with Gasteiger partial charge in [-0.15, -0.1) is 0 Å². The highest BCUT2D eigenvalue weighted by Gasteiger charge is 2.40. The van der Waals surface area contributed by atoms with Crippen molar-refractivity contribution in [3.05, 3.63) is 11.7 Å². The summed E-state index contributed by atoms with van der Waals surface area (Å²) in [5, 5.41) is 7.06. The zero-order valence-corrected chi connectivity index (χ0v) is 15.0. The van der Waals surface area contributed by atoms with E-state index in [1.165, 1.54) is 6.42 Å². The summed E-state index contributed by atoms with van der Waals surface area (Å²) < 4.78 is 10.8. The van der Waals surface area contributed by atoms with Gasteiger partial charge in [-0.1, -0.05) is 19.0 Å². The van der Waals surface area contributed by atoms with Crippen molar-refractivity contribution >= 4 is 6.03 Å². The number of ether oxygens (including phenoxy) is 1. The Labute approximate surface area is 143 Å². The van der Waals surface area contributed by atoms with E-state index in [1.54, 1.807) is 18.9 Å². The van der Waals surface area contributed by atoms with E-state index in [1.807, 2.05) is 0 Å². The number of amides is 2. The maximum atomic E-state index is 12.8. The molecule has 1 aliphatic carbocycles. The molecule has 1 aromatic rings. The molecular weight excluding hydrogens is 308 g/mol. The quantitative estimate of drug-likeness (QED) is 0.918. The number of hydrogen-bond acceptors (Lipinski definition) is 5. The van der Waals surface area contributed by atoms with E-state index in [0.717, 1.165) is 18.8 Å². The van der Waals surface area contributed by atoms with Crippen LogP contribution in [0.2, 0.25) is 0 Å². The fourth-order valence-corrected chi connectivity index (χ4v) is 3.81. The van der Waals surface area contributed by atoms with E-state index in [4.69, 9.17) is 9.26 Å². The van der Waals surface area contributed by atoms with Gasteiger partial charge in [-0.3, -0.25) is 0 Å². The molecule has 2 heterocycles. The molecule has 0 bridgehead atoms. The van der Waals surface area contributed by atoms with Crippen LogP contribution in [-0.4, -0.2) is 46.9 Å². The molecular formula is C17H28N4O3. The lowest BCUT2D eigenvalue weighted by atomic mass is 9.79. The minimum atomic E-state index is -0.212. The molecule has 2 amide bonds. The number of hydrogen-bond donors (Lipinski definition) is 1. The standard InChI is InChI=1S/C17H28N4O3/c1-10-5-6-13(7-11(10)2)19-17(22)21-9-14(23-4)8-15(21)16-18-12(3)20-24-16/h10-11,13-15H,5-9H2,1-4H3,(H,19,22)/t10-,11+,13+,14-,15+/m0/s1. The summed E-state index contributed by atoms with van der Waals surface area (Å²) in [5.74, 6) is 2.45. The van der Waals surface area contributed by atoms with Crippen LogP contribution in [0.5, 0.6) is 0 Å². The fraction of sp³-hybridized carbons (Fsp3) is 0.824. The molecule has 0 aromatic carbocycles. The van der Waals surface area contributed by atoms with Gasteiger partial charge in [-0.25, -0.2) is 4.79 Å². The third-order valence-corrected chi connectivity index (χ3v) is 5.61. The summed E-state index contributed by atoms with van der Waals surface area (Å²) in [6.07, 6.45) is 3.93. The Hall–Kier alpha value is -1.63. The van der Waals surface area contributed by atoms with Crippen molar-refractivity contribution in [2.45, 2.75) is 64.6 Å². The number of carbonyl (C=O) groups is 1. The van der Waals surface area contributed by atoms with Crippen LogP contribution in [0.25, 0.3) is 0 Å².